The van der Waals surface area contributed by atoms with Gasteiger partial charge in [0, 0.05) is 57.3 Å². The number of phenols is 1. The van der Waals surface area contributed by atoms with E-state index in [9.17, 15) is 5.11 Å². The molecule has 4 heterocycles. The third-order valence-corrected chi connectivity index (χ3v) is 12.3. The Labute approximate surface area is 375 Å². The highest BCUT2D eigenvalue weighted by molar-refractivity contribution is 6.13. The molecule has 4 aromatic heterocycles. The Balaban J connectivity index is 1.19. The van der Waals surface area contributed by atoms with E-state index in [1.165, 1.54) is 21.9 Å². The highest BCUT2D eigenvalue weighted by Gasteiger charge is 2.23. The molecule has 64 heavy (non-hydrogen) atoms. The molecule has 10 aromatic rings. The number of hydrogen-bond acceptors (Lipinski definition) is 4. The van der Waals surface area contributed by atoms with E-state index in [1.54, 1.807) is 6.07 Å². The molecule has 0 unspecified atom stereocenters. The Hall–Kier alpha value is -7.63. The maximum absolute atomic E-state index is 11.2. The first-order chi connectivity index (χ1) is 30.9. The Morgan fingerprint density at radius 2 is 0.984 bits per heavy atom. The molecule has 0 amide bonds. The number of para-hydroxylation sites is 4. The van der Waals surface area contributed by atoms with Crippen LogP contribution in [0.15, 0.2) is 188 Å². The average molecular weight is 831 g/mol. The summed E-state index contributed by atoms with van der Waals surface area (Å²) >= 11 is 0. The summed E-state index contributed by atoms with van der Waals surface area (Å²) in [6, 6.07) is 59.6. The monoisotopic (exact) mass is 830 g/mol. The smallest absolute Gasteiger partial charge is 0.124 e. The highest BCUT2D eigenvalue weighted by Crippen LogP contribution is 2.42. The second-order valence-electron chi connectivity index (χ2n) is 18.8. The zero-order valence-corrected chi connectivity index (χ0v) is 37.1. The fourth-order valence-electron chi connectivity index (χ4n) is 8.82. The molecule has 0 spiro atoms. The normalized spacial score (nSPS) is 12.0. The van der Waals surface area contributed by atoms with Crippen LogP contribution in [-0.4, -0.2) is 24.6 Å². The summed E-state index contributed by atoms with van der Waals surface area (Å²) < 4.78 is 2.38. The predicted octanol–water partition coefficient (Wildman–Crippen LogP) is 15.3. The molecule has 0 saturated heterocycles. The number of benzene rings is 6. The minimum atomic E-state index is -0.0641. The molecule has 6 aromatic carbocycles. The summed E-state index contributed by atoms with van der Waals surface area (Å²) in [7, 11) is 0. The Kier molecular flexibility index (Phi) is 10.1. The van der Waals surface area contributed by atoms with Crippen molar-refractivity contribution >= 4 is 21.8 Å². The summed E-state index contributed by atoms with van der Waals surface area (Å²) in [6.07, 6.45) is 5.58. The SMILES string of the molecule is CC(C)(C)c1cc(-c2cc(-c3cc(-c4ccncc4)cc(-c4cc(-c5cccc6c7ccccc7n(-c7ccccc7)c56)ccn4)c3)nc(-c3ccccc3O)c2)cc(C(C)(C)C)c1. The van der Waals surface area contributed by atoms with Crippen LogP contribution in [0.2, 0.25) is 0 Å². The number of nitrogens with zero attached hydrogens (tertiary/aromatic N) is 4. The summed E-state index contributed by atoms with van der Waals surface area (Å²) in [5, 5.41) is 13.6. The van der Waals surface area contributed by atoms with Crippen LogP contribution in [-0.2, 0) is 10.8 Å². The average Bonchev–Trinajstić information content (AvgIpc) is 3.66. The number of phenolic OH excluding ortho intramolecular Hbond substituents is 1. The van der Waals surface area contributed by atoms with Crippen molar-refractivity contribution in [3.8, 4) is 78.6 Å². The first-order valence-electron chi connectivity index (χ1n) is 22.0. The summed E-state index contributed by atoms with van der Waals surface area (Å²) in [4.78, 5) is 14.7. The van der Waals surface area contributed by atoms with Gasteiger partial charge in [-0.2, -0.15) is 0 Å². The zero-order chi connectivity index (χ0) is 44.2. The molecular weight excluding hydrogens is 781 g/mol. The molecule has 0 fully saturated rings. The van der Waals surface area contributed by atoms with E-state index >= 15 is 0 Å². The van der Waals surface area contributed by atoms with Crippen LogP contribution < -0.4 is 0 Å². The molecule has 0 aliphatic heterocycles. The topological polar surface area (TPSA) is 63.8 Å². The number of pyridine rings is 3. The highest BCUT2D eigenvalue weighted by atomic mass is 16.3. The number of hydrogen-bond donors (Lipinski definition) is 1. The van der Waals surface area contributed by atoms with Crippen LogP contribution in [0.3, 0.4) is 0 Å². The van der Waals surface area contributed by atoms with Crippen molar-refractivity contribution in [1.82, 2.24) is 19.5 Å². The van der Waals surface area contributed by atoms with Crippen molar-refractivity contribution in [3.63, 3.8) is 0 Å². The fourth-order valence-corrected chi connectivity index (χ4v) is 8.82. The van der Waals surface area contributed by atoms with Gasteiger partial charge >= 0.3 is 0 Å². The molecule has 0 aliphatic carbocycles. The lowest BCUT2D eigenvalue weighted by atomic mass is 9.79. The van der Waals surface area contributed by atoms with Gasteiger partial charge in [-0.1, -0.05) is 126 Å². The van der Waals surface area contributed by atoms with Crippen molar-refractivity contribution in [2.45, 2.75) is 52.4 Å². The van der Waals surface area contributed by atoms with Crippen LogP contribution in [0.5, 0.6) is 5.75 Å². The zero-order valence-electron chi connectivity index (χ0n) is 37.1. The maximum Gasteiger partial charge on any atom is 0.124 e. The van der Waals surface area contributed by atoms with Gasteiger partial charge in [0.25, 0.3) is 0 Å². The molecule has 0 bridgehead atoms. The van der Waals surface area contributed by atoms with Gasteiger partial charge in [0.05, 0.1) is 28.1 Å². The van der Waals surface area contributed by atoms with Crippen LogP contribution >= 0.6 is 0 Å². The van der Waals surface area contributed by atoms with Crippen molar-refractivity contribution < 1.29 is 5.11 Å². The Morgan fingerprint density at radius 1 is 0.422 bits per heavy atom. The van der Waals surface area contributed by atoms with Crippen molar-refractivity contribution in [1.29, 1.82) is 0 Å². The quantitative estimate of drug-likeness (QED) is 0.174. The van der Waals surface area contributed by atoms with E-state index in [-0.39, 0.29) is 16.6 Å². The molecule has 10 rings (SSSR count). The van der Waals surface area contributed by atoms with Crippen LogP contribution in [0.4, 0.5) is 0 Å². The molecular formula is C59H50N4O. The lowest BCUT2D eigenvalue weighted by Gasteiger charge is -2.26. The van der Waals surface area contributed by atoms with Gasteiger partial charge in [-0.3, -0.25) is 9.97 Å². The third kappa shape index (κ3) is 7.64. The van der Waals surface area contributed by atoms with Crippen LogP contribution in [0.1, 0.15) is 52.7 Å². The third-order valence-electron chi connectivity index (χ3n) is 12.3. The minimum Gasteiger partial charge on any atom is -0.507 e. The number of aromatic hydroxyl groups is 1. The van der Waals surface area contributed by atoms with Crippen molar-refractivity contribution in [3.05, 3.63) is 200 Å². The van der Waals surface area contributed by atoms with Gasteiger partial charge in [-0.15, -0.1) is 0 Å². The second-order valence-corrected chi connectivity index (χ2v) is 18.8. The van der Waals surface area contributed by atoms with Gasteiger partial charge in [-0.25, -0.2) is 4.98 Å². The number of aromatic nitrogens is 4. The van der Waals surface area contributed by atoms with Gasteiger partial charge in [0.2, 0.25) is 0 Å². The largest absolute Gasteiger partial charge is 0.507 e. The fraction of sp³-hybridized carbons (Fsp3) is 0.136. The van der Waals surface area contributed by atoms with E-state index in [4.69, 9.17) is 9.97 Å². The van der Waals surface area contributed by atoms with Gasteiger partial charge in [-0.05, 0) is 135 Å². The van der Waals surface area contributed by atoms with Crippen molar-refractivity contribution in [2.75, 3.05) is 0 Å². The van der Waals surface area contributed by atoms with E-state index in [0.29, 0.717) is 11.3 Å². The molecule has 1 N–H and O–H groups in total. The predicted molar refractivity (Wildman–Crippen MR) is 266 cm³/mol. The molecule has 5 heteroatoms. The van der Waals surface area contributed by atoms with Gasteiger partial charge in [0.15, 0.2) is 0 Å². The minimum absolute atomic E-state index is 0.0641. The van der Waals surface area contributed by atoms with Crippen molar-refractivity contribution in [2.24, 2.45) is 0 Å². The molecule has 0 atom stereocenters. The van der Waals surface area contributed by atoms with E-state index in [1.807, 2.05) is 48.9 Å². The van der Waals surface area contributed by atoms with Crippen LogP contribution in [0.25, 0.3) is 94.6 Å². The summed E-state index contributed by atoms with van der Waals surface area (Å²) in [6.45, 7) is 13.6. The summed E-state index contributed by atoms with van der Waals surface area (Å²) in [5.74, 6) is 0.186. The van der Waals surface area contributed by atoms with Gasteiger partial charge in [0.1, 0.15) is 5.75 Å². The first-order valence-corrected chi connectivity index (χ1v) is 22.0. The molecule has 0 saturated carbocycles. The number of fused-ring (bicyclic) bond motifs is 3. The molecule has 5 nitrogen and oxygen atoms in total. The maximum atomic E-state index is 11.2. The second kappa shape index (κ2) is 15.9. The lowest BCUT2D eigenvalue weighted by Crippen LogP contribution is -2.16. The van der Waals surface area contributed by atoms with E-state index in [2.05, 4.69) is 185 Å². The first kappa shape index (κ1) is 40.4. The Bertz CT molecular complexity index is 3320. The van der Waals surface area contributed by atoms with E-state index < -0.39 is 0 Å². The summed E-state index contributed by atoms with van der Waals surface area (Å²) in [5.41, 5.74) is 17.1. The standard InChI is InChI=1S/C59H50N4O/c1-58(2,3)45-32-41(33-46(37-45)59(4,5)6)42-35-53(62-54(36-42)51-18-11-13-22-56(51)64)44-30-40(38-23-26-60-27-24-38)29-43(31-44)52-34-39(25-28-61-52)48-19-14-20-50-49-17-10-12-21-55(49)63(57(48)50)47-15-8-7-9-16-47/h7-37,64H,1-6H3. The van der Waals surface area contributed by atoms with E-state index in [0.717, 1.165) is 72.6 Å². The molecule has 0 radical (unpaired) electrons. The van der Waals surface area contributed by atoms with Gasteiger partial charge < -0.3 is 9.67 Å². The Morgan fingerprint density at radius 3 is 1.72 bits per heavy atom. The van der Waals surface area contributed by atoms with Crippen LogP contribution in [0, 0.1) is 0 Å². The molecule has 312 valence electrons. The lowest BCUT2D eigenvalue weighted by molar-refractivity contribution is 0.477. The number of rotatable bonds is 7. The molecule has 0 aliphatic rings.